The van der Waals surface area contributed by atoms with E-state index in [1.54, 1.807) is 6.08 Å². The van der Waals surface area contributed by atoms with E-state index in [9.17, 15) is 19.8 Å². The average Bonchev–Trinajstić information content (AvgIpc) is 3.33. The lowest BCUT2D eigenvalue weighted by Gasteiger charge is -2.20. The third kappa shape index (κ3) is 53.5. The van der Waals surface area contributed by atoms with Crippen LogP contribution in [0, 0.1) is 0 Å². The van der Waals surface area contributed by atoms with Crippen molar-refractivity contribution in [2.45, 2.75) is 341 Å². The van der Waals surface area contributed by atoms with Crippen molar-refractivity contribution in [2.24, 2.45) is 0 Å². The lowest BCUT2D eigenvalue weighted by Crippen LogP contribution is -2.45. The van der Waals surface area contributed by atoms with E-state index >= 15 is 0 Å². The summed E-state index contributed by atoms with van der Waals surface area (Å²) >= 11 is 0. The molecule has 0 aromatic heterocycles. The first-order valence-electron chi connectivity index (χ1n) is 30.1. The van der Waals surface area contributed by atoms with Gasteiger partial charge in [0, 0.05) is 12.8 Å². The van der Waals surface area contributed by atoms with Crippen LogP contribution in [0.3, 0.4) is 0 Å². The maximum atomic E-state index is 12.4. The van der Waals surface area contributed by atoms with Gasteiger partial charge in [-0.05, 0) is 57.8 Å². The molecule has 6 nitrogen and oxygen atoms in total. The van der Waals surface area contributed by atoms with Crippen molar-refractivity contribution in [1.82, 2.24) is 5.32 Å². The zero-order chi connectivity index (χ0) is 48.6. The van der Waals surface area contributed by atoms with Crippen LogP contribution in [0.25, 0.3) is 0 Å². The monoisotopic (exact) mass is 944 g/mol. The third-order valence-corrected chi connectivity index (χ3v) is 14.0. The Labute approximate surface area is 418 Å². The zero-order valence-electron chi connectivity index (χ0n) is 45.1. The molecule has 0 spiro atoms. The lowest BCUT2D eigenvalue weighted by atomic mass is 10.0. The molecule has 2 atom stereocenters. The molecule has 0 bridgehead atoms. The fraction of sp³-hybridized carbons (Fsp3) is 0.902. The molecule has 0 aromatic rings. The highest BCUT2D eigenvalue weighted by Crippen LogP contribution is 2.17. The van der Waals surface area contributed by atoms with Gasteiger partial charge in [0.05, 0.1) is 25.4 Å². The quantitative estimate of drug-likeness (QED) is 0.0321. The van der Waals surface area contributed by atoms with Gasteiger partial charge in [-0.2, -0.15) is 0 Å². The van der Waals surface area contributed by atoms with Gasteiger partial charge in [0.2, 0.25) is 5.91 Å². The van der Waals surface area contributed by atoms with Crippen molar-refractivity contribution in [1.29, 1.82) is 0 Å². The van der Waals surface area contributed by atoms with E-state index in [1.807, 2.05) is 6.08 Å². The fourth-order valence-electron chi connectivity index (χ4n) is 9.34. The van der Waals surface area contributed by atoms with Crippen molar-refractivity contribution in [2.75, 3.05) is 13.2 Å². The van der Waals surface area contributed by atoms with Crippen molar-refractivity contribution in [3.63, 3.8) is 0 Å². The number of rotatable bonds is 56. The number of nitrogens with one attached hydrogen (secondary N) is 1. The van der Waals surface area contributed by atoms with Crippen molar-refractivity contribution < 1.29 is 24.5 Å². The van der Waals surface area contributed by atoms with Gasteiger partial charge < -0.3 is 20.3 Å². The van der Waals surface area contributed by atoms with Crippen LogP contribution >= 0.6 is 0 Å². The molecule has 6 heteroatoms. The number of allylic oxidation sites excluding steroid dienone is 3. The maximum Gasteiger partial charge on any atom is 0.305 e. The largest absolute Gasteiger partial charge is 0.466 e. The van der Waals surface area contributed by atoms with E-state index in [4.69, 9.17) is 4.74 Å². The van der Waals surface area contributed by atoms with Crippen LogP contribution in [0.15, 0.2) is 24.3 Å². The van der Waals surface area contributed by atoms with E-state index in [2.05, 4.69) is 31.3 Å². The Morgan fingerprint density at radius 1 is 0.403 bits per heavy atom. The number of unbranched alkanes of at least 4 members (excludes halogenated alkanes) is 43. The summed E-state index contributed by atoms with van der Waals surface area (Å²) in [7, 11) is 0. The Morgan fingerprint density at radius 2 is 0.701 bits per heavy atom. The van der Waals surface area contributed by atoms with E-state index in [1.165, 1.54) is 244 Å². The molecule has 2 unspecified atom stereocenters. The van der Waals surface area contributed by atoms with E-state index in [0.717, 1.165) is 57.8 Å². The molecule has 67 heavy (non-hydrogen) atoms. The van der Waals surface area contributed by atoms with Gasteiger partial charge in [-0.1, -0.05) is 282 Å². The molecule has 1 amide bonds. The Bertz CT molecular complexity index is 1040. The summed E-state index contributed by atoms with van der Waals surface area (Å²) in [6.07, 6.45) is 69.2. The molecule has 0 saturated heterocycles. The number of hydrogen-bond acceptors (Lipinski definition) is 5. The van der Waals surface area contributed by atoms with Crippen molar-refractivity contribution in [3.05, 3.63) is 24.3 Å². The van der Waals surface area contributed by atoms with Crippen LogP contribution < -0.4 is 5.32 Å². The van der Waals surface area contributed by atoms with Gasteiger partial charge >= 0.3 is 5.97 Å². The molecule has 0 fully saturated rings. The molecule has 0 radical (unpaired) electrons. The number of amides is 1. The summed E-state index contributed by atoms with van der Waals surface area (Å²) in [6, 6.07) is -0.637. The van der Waals surface area contributed by atoms with Crippen LogP contribution in [-0.4, -0.2) is 47.4 Å². The number of aliphatic hydroxyl groups is 2. The Kier molecular flexibility index (Phi) is 55.5. The standard InChI is InChI=1S/C61H117NO5/c1-3-5-7-9-11-13-15-17-19-22-27-31-35-39-43-47-51-55-61(66)67-56-52-48-44-40-36-32-28-24-21-20-23-26-30-34-38-42-46-50-54-60(65)62-58(57-63)59(64)53-49-45-41-37-33-29-25-18-16-14-12-10-8-6-4-2/h23,26,49,53,58-59,63-64H,3-22,24-25,27-48,50-52,54-57H2,1-2H3,(H,62,65)/b26-23-,53-49+. The summed E-state index contributed by atoms with van der Waals surface area (Å²) in [4.78, 5) is 24.5. The highest BCUT2D eigenvalue weighted by molar-refractivity contribution is 5.76. The molecule has 0 aliphatic carbocycles. The minimum Gasteiger partial charge on any atom is -0.466 e. The van der Waals surface area contributed by atoms with Crippen molar-refractivity contribution >= 4 is 11.9 Å². The predicted molar refractivity (Wildman–Crippen MR) is 292 cm³/mol. The summed E-state index contributed by atoms with van der Waals surface area (Å²) in [6.45, 7) is 4.91. The maximum absolute atomic E-state index is 12.4. The highest BCUT2D eigenvalue weighted by Gasteiger charge is 2.18. The van der Waals surface area contributed by atoms with Gasteiger partial charge in [-0.3, -0.25) is 9.59 Å². The van der Waals surface area contributed by atoms with Gasteiger partial charge in [0.15, 0.2) is 0 Å². The molecule has 396 valence electrons. The summed E-state index contributed by atoms with van der Waals surface area (Å²) < 4.78 is 5.49. The first-order chi connectivity index (χ1) is 33.0. The zero-order valence-corrected chi connectivity index (χ0v) is 45.1. The molecule has 0 heterocycles. The Balaban J connectivity index is 3.45. The first kappa shape index (κ1) is 65.3. The number of carbonyl (C=O) groups excluding carboxylic acids is 2. The van der Waals surface area contributed by atoms with Crippen LogP contribution in [0.2, 0.25) is 0 Å². The van der Waals surface area contributed by atoms with Crippen LogP contribution in [0.5, 0.6) is 0 Å². The Hall–Kier alpha value is -1.66. The summed E-state index contributed by atoms with van der Waals surface area (Å²) in [5.41, 5.74) is 0. The number of hydrogen-bond donors (Lipinski definition) is 3. The predicted octanol–water partition coefficient (Wildman–Crippen LogP) is 18.6. The second kappa shape index (κ2) is 56.9. The molecule has 0 aromatic carbocycles. The molecule has 0 saturated carbocycles. The summed E-state index contributed by atoms with van der Waals surface area (Å²) in [5, 5.41) is 23.1. The van der Waals surface area contributed by atoms with E-state index < -0.39 is 12.1 Å². The second-order valence-electron chi connectivity index (χ2n) is 20.7. The smallest absolute Gasteiger partial charge is 0.305 e. The van der Waals surface area contributed by atoms with E-state index in [0.29, 0.717) is 19.4 Å². The average molecular weight is 945 g/mol. The van der Waals surface area contributed by atoms with Gasteiger partial charge in [-0.15, -0.1) is 0 Å². The molecule has 0 aliphatic heterocycles. The van der Waals surface area contributed by atoms with Crippen molar-refractivity contribution in [3.8, 4) is 0 Å². The molecular weight excluding hydrogens is 827 g/mol. The third-order valence-electron chi connectivity index (χ3n) is 14.0. The van der Waals surface area contributed by atoms with Crippen LogP contribution in [-0.2, 0) is 14.3 Å². The highest BCUT2D eigenvalue weighted by atomic mass is 16.5. The number of ether oxygens (including phenoxy) is 1. The fourth-order valence-corrected chi connectivity index (χ4v) is 9.34. The summed E-state index contributed by atoms with van der Waals surface area (Å²) in [5.74, 6) is -0.0746. The minimum atomic E-state index is -0.852. The first-order valence-corrected chi connectivity index (χ1v) is 30.1. The lowest BCUT2D eigenvalue weighted by molar-refractivity contribution is -0.143. The molecule has 3 N–H and O–H groups in total. The van der Waals surface area contributed by atoms with E-state index in [-0.39, 0.29) is 18.5 Å². The van der Waals surface area contributed by atoms with Crippen LogP contribution in [0.4, 0.5) is 0 Å². The molecule has 0 aliphatic rings. The second-order valence-corrected chi connectivity index (χ2v) is 20.7. The molecule has 0 rings (SSSR count). The normalized spacial score (nSPS) is 12.7. The minimum absolute atomic E-state index is 0.00630. The number of aliphatic hydroxyl groups excluding tert-OH is 2. The molecular formula is C61H117NO5. The number of carbonyl (C=O) groups is 2. The van der Waals surface area contributed by atoms with Gasteiger partial charge in [0.25, 0.3) is 0 Å². The van der Waals surface area contributed by atoms with Crippen LogP contribution in [0.1, 0.15) is 328 Å². The van der Waals surface area contributed by atoms with Gasteiger partial charge in [0.1, 0.15) is 0 Å². The Morgan fingerprint density at radius 3 is 1.06 bits per heavy atom. The SMILES string of the molecule is CCCCCCCCCCCCCCC/C=C/C(O)C(CO)NC(=O)CCCCCCC/C=C\CCCCCCCCCCCOC(=O)CCCCCCCCCCCCCCCCCCC. The van der Waals surface area contributed by atoms with Gasteiger partial charge in [-0.25, -0.2) is 0 Å². The topological polar surface area (TPSA) is 95.9 Å². The number of esters is 1.